The summed E-state index contributed by atoms with van der Waals surface area (Å²) >= 11 is 1.50. The van der Waals surface area contributed by atoms with Crippen molar-refractivity contribution < 1.29 is 34.8 Å². The first kappa shape index (κ1) is 27.1. The van der Waals surface area contributed by atoms with Crippen LogP contribution in [0.4, 0.5) is 0 Å². The van der Waals surface area contributed by atoms with Gasteiger partial charge >= 0.3 is 0 Å². The molecule has 206 valence electrons. The summed E-state index contributed by atoms with van der Waals surface area (Å²) in [6.45, 7) is 0.346. The number of nitrogens with zero attached hydrogens (tertiary/aromatic N) is 2. The molecular formula is C28H31N3O7S. The van der Waals surface area contributed by atoms with Crippen molar-refractivity contribution in [2.24, 2.45) is 17.6 Å². The Morgan fingerprint density at radius 3 is 2.44 bits per heavy atom. The number of benzene rings is 1. The summed E-state index contributed by atoms with van der Waals surface area (Å²) in [7, 11) is 6.88. The highest BCUT2D eigenvalue weighted by Crippen LogP contribution is 2.53. The minimum atomic E-state index is -2.66. The fourth-order valence-corrected chi connectivity index (χ4v) is 7.17. The Balaban J connectivity index is 1.76. The van der Waals surface area contributed by atoms with E-state index in [0.29, 0.717) is 17.7 Å². The number of aliphatic hydroxyl groups is 3. The maximum atomic E-state index is 14.1. The fraction of sp³-hybridized carbons (Fsp3) is 0.393. The minimum absolute atomic E-state index is 0.0244. The lowest BCUT2D eigenvalue weighted by molar-refractivity contribution is -0.148. The normalized spacial score (nSPS) is 26.7. The van der Waals surface area contributed by atoms with E-state index in [4.69, 9.17) is 5.73 Å². The van der Waals surface area contributed by atoms with Gasteiger partial charge in [0.2, 0.25) is 5.78 Å². The van der Waals surface area contributed by atoms with Crippen molar-refractivity contribution in [1.82, 2.24) is 9.80 Å². The molecule has 0 saturated heterocycles. The molecule has 3 aliphatic carbocycles. The number of likely N-dealkylation sites (N-methyl/N-ethyl adjacent to an activating group) is 1. The molecule has 10 nitrogen and oxygen atoms in total. The third-order valence-electron chi connectivity index (χ3n) is 8.12. The van der Waals surface area contributed by atoms with Crippen LogP contribution in [-0.4, -0.2) is 87.5 Å². The van der Waals surface area contributed by atoms with Crippen LogP contribution in [-0.2, 0) is 22.6 Å². The summed E-state index contributed by atoms with van der Waals surface area (Å²) in [5.41, 5.74) is 4.59. The summed E-state index contributed by atoms with van der Waals surface area (Å²) in [5, 5.41) is 49.3. The lowest BCUT2D eigenvalue weighted by atomic mass is 9.58. The van der Waals surface area contributed by atoms with Crippen LogP contribution >= 0.6 is 11.3 Å². The first-order valence-corrected chi connectivity index (χ1v) is 13.4. The monoisotopic (exact) mass is 553 g/mol. The van der Waals surface area contributed by atoms with Crippen LogP contribution in [0.2, 0.25) is 0 Å². The maximum Gasteiger partial charge on any atom is 0.255 e. The third kappa shape index (κ3) is 3.83. The summed E-state index contributed by atoms with van der Waals surface area (Å²) in [4.78, 5) is 43.1. The highest BCUT2D eigenvalue weighted by molar-refractivity contribution is 7.08. The van der Waals surface area contributed by atoms with Gasteiger partial charge in [0, 0.05) is 23.6 Å². The van der Waals surface area contributed by atoms with Gasteiger partial charge < -0.3 is 31.1 Å². The molecule has 1 amide bonds. The lowest BCUT2D eigenvalue weighted by Crippen LogP contribution is -2.63. The fourth-order valence-electron chi connectivity index (χ4n) is 6.51. The van der Waals surface area contributed by atoms with Gasteiger partial charge in [0.25, 0.3) is 5.91 Å². The number of hydrogen-bond acceptors (Lipinski definition) is 10. The van der Waals surface area contributed by atoms with E-state index >= 15 is 0 Å². The van der Waals surface area contributed by atoms with E-state index in [2.05, 4.69) is 0 Å². The molecule has 3 aliphatic rings. The molecule has 4 unspecified atom stereocenters. The molecule has 0 fully saturated rings. The Hall–Kier alpha value is -3.51. The standard InChI is InChI=1S/C28H31N3O7S/c1-30(2)10-14-8-15(12-5-6-39-11-12)16-7-13-9-17-21(31(3)4)24(34)20(27(29)37)26(36)28(17,38)25(35)18(13)23(33)19(16)22(14)32/h5-6,8,11,13,17,21,32,34-35,38H,7,9-10H2,1-4H3,(H2,29,37). The zero-order valence-corrected chi connectivity index (χ0v) is 22.9. The largest absolute Gasteiger partial charge is 0.510 e. The SMILES string of the molecule is CN(C)Cc1cc(-c2ccsc2)c2c(c1O)C(=O)C1=C(O)C3(O)C(=O)C(C(N)=O)=C(O)C(N(C)C)C3CC1C2. The lowest BCUT2D eigenvalue weighted by Gasteiger charge is -2.50. The summed E-state index contributed by atoms with van der Waals surface area (Å²) in [5.74, 6) is -6.53. The number of thiophene rings is 1. The Morgan fingerprint density at radius 2 is 1.87 bits per heavy atom. The van der Waals surface area contributed by atoms with Crippen molar-refractivity contribution in [3.05, 3.63) is 62.2 Å². The number of ketones is 2. The number of Topliss-reactive ketones (excluding diaryl/α,β-unsaturated/α-hetero) is 2. The molecule has 0 bridgehead atoms. The number of phenols is 1. The van der Waals surface area contributed by atoms with Gasteiger partial charge in [-0.3, -0.25) is 19.3 Å². The van der Waals surface area contributed by atoms with Gasteiger partial charge in [-0.2, -0.15) is 11.3 Å². The van der Waals surface area contributed by atoms with Crippen molar-refractivity contribution in [2.45, 2.75) is 31.0 Å². The molecule has 4 atom stereocenters. The van der Waals surface area contributed by atoms with Gasteiger partial charge in [-0.05, 0) is 86.5 Å². The zero-order valence-electron chi connectivity index (χ0n) is 22.1. The number of phenolic OH excluding ortho intramolecular Hbond substituents is 1. The van der Waals surface area contributed by atoms with E-state index < -0.39 is 58.0 Å². The maximum absolute atomic E-state index is 14.1. The number of rotatable bonds is 5. The number of aliphatic hydroxyl groups excluding tert-OH is 2. The third-order valence-corrected chi connectivity index (χ3v) is 8.80. The molecule has 0 saturated carbocycles. The Morgan fingerprint density at radius 1 is 1.18 bits per heavy atom. The molecule has 11 heteroatoms. The molecule has 6 N–H and O–H groups in total. The van der Waals surface area contributed by atoms with E-state index in [0.717, 1.165) is 11.1 Å². The number of hydrogen-bond donors (Lipinski definition) is 5. The van der Waals surface area contributed by atoms with Gasteiger partial charge in [0.15, 0.2) is 11.4 Å². The van der Waals surface area contributed by atoms with Crippen molar-refractivity contribution in [2.75, 3.05) is 28.2 Å². The topological polar surface area (TPSA) is 165 Å². The van der Waals surface area contributed by atoms with Crippen LogP contribution in [0.25, 0.3) is 11.1 Å². The molecule has 0 radical (unpaired) electrons. The molecule has 1 aromatic carbocycles. The molecule has 2 aromatic rings. The second-order valence-corrected chi connectivity index (χ2v) is 11.8. The number of nitrogens with two attached hydrogens (primary N) is 1. The molecule has 0 aliphatic heterocycles. The first-order chi connectivity index (χ1) is 18.3. The predicted octanol–water partition coefficient (Wildman–Crippen LogP) is 1.91. The van der Waals surface area contributed by atoms with Gasteiger partial charge in [-0.1, -0.05) is 0 Å². The van der Waals surface area contributed by atoms with Crippen LogP contribution in [0.3, 0.4) is 0 Å². The van der Waals surface area contributed by atoms with E-state index in [1.807, 2.05) is 41.9 Å². The van der Waals surface area contributed by atoms with Crippen molar-refractivity contribution >= 4 is 28.8 Å². The summed E-state index contributed by atoms with van der Waals surface area (Å²) < 4.78 is 0. The predicted molar refractivity (Wildman–Crippen MR) is 144 cm³/mol. The molecule has 1 heterocycles. The average molecular weight is 554 g/mol. The van der Waals surface area contributed by atoms with Crippen LogP contribution in [0.15, 0.2) is 45.6 Å². The zero-order chi connectivity index (χ0) is 28.5. The van der Waals surface area contributed by atoms with E-state index in [-0.39, 0.29) is 29.7 Å². The van der Waals surface area contributed by atoms with E-state index in [9.17, 15) is 34.8 Å². The van der Waals surface area contributed by atoms with Gasteiger partial charge in [-0.15, -0.1) is 0 Å². The van der Waals surface area contributed by atoms with Crippen LogP contribution in [0.1, 0.15) is 27.9 Å². The van der Waals surface area contributed by atoms with Crippen LogP contribution in [0, 0.1) is 11.8 Å². The number of carbonyl (C=O) groups is 3. The van der Waals surface area contributed by atoms with E-state index in [1.165, 1.54) is 16.2 Å². The molecule has 39 heavy (non-hydrogen) atoms. The number of allylic oxidation sites excluding steroid dienone is 1. The number of fused-ring (bicyclic) bond motifs is 3. The second kappa shape index (κ2) is 9.30. The number of aromatic hydroxyl groups is 1. The molecular weight excluding hydrogens is 522 g/mol. The van der Waals surface area contributed by atoms with Crippen LogP contribution < -0.4 is 5.73 Å². The van der Waals surface area contributed by atoms with Crippen molar-refractivity contribution in [3.8, 4) is 16.9 Å². The van der Waals surface area contributed by atoms with Crippen molar-refractivity contribution in [3.63, 3.8) is 0 Å². The Kier molecular flexibility index (Phi) is 6.46. The first-order valence-electron chi connectivity index (χ1n) is 12.5. The number of primary amides is 1. The molecule has 1 aromatic heterocycles. The number of carbonyl (C=O) groups excluding carboxylic acids is 3. The average Bonchev–Trinajstić information content (AvgIpc) is 3.37. The van der Waals surface area contributed by atoms with Gasteiger partial charge in [-0.25, -0.2) is 0 Å². The summed E-state index contributed by atoms with van der Waals surface area (Å²) in [6.07, 6.45) is 0.296. The highest BCUT2D eigenvalue weighted by atomic mass is 32.1. The van der Waals surface area contributed by atoms with Crippen LogP contribution in [0.5, 0.6) is 5.75 Å². The molecule has 0 spiro atoms. The Labute approximate surface area is 229 Å². The minimum Gasteiger partial charge on any atom is -0.510 e. The molecule has 5 rings (SSSR count). The number of amides is 1. The second-order valence-electron chi connectivity index (χ2n) is 11.0. The smallest absolute Gasteiger partial charge is 0.255 e. The quantitative estimate of drug-likeness (QED) is 0.348. The van der Waals surface area contributed by atoms with Gasteiger partial charge in [0.05, 0.1) is 11.6 Å². The van der Waals surface area contributed by atoms with Crippen molar-refractivity contribution in [1.29, 1.82) is 0 Å². The Bertz CT molecular complexity index is 1470. The highest BCUT2D eigenvalue weighted by Gasteiger charge is 2.63. The van der Waals surface area contributed by atoms with Gasteiger partial charge in [0.1, 0.15) is 22.8 Å². The van der Waals surface area contributed by atoms with E-state index in [1.54, 1.807) is 14.1 Å². The summed E-state index contributed by atoms with van der Waals surface area (Å²) in [6, 6.07) is 2.78.